The summed E-state index contributed by atoms with van der Waals surface area (Å²) in [6.07, 6.45) is 0.426. The predicted octanol–water partition coefficient (Wildman–Crippen LogP) is 1.19. The molecule has 18 heavy (non-hydrogen) atoms. The van der Waals surface area contributed by atoms with E-state index in [9.17, 15) is 9.59 Å². The second-order valence-electron chi connectivity index (χ2n) is 4.76. The molecule has 3 unspecified atom stereocenters. The molecule has 0 aliphatic heterocycles. The van der Waals surface area contributed by atoms with E-state index in [1.54, 1.807) is 6.92 Å². The lowest BCUT2D eigenvalue weighted by atomic mass is 10.1. The molecule has 0 spiro atoms. The normalized spacial score (nSPS) is 23.5. The summed E-state index contributed by atoms with van der Waals surface area (Å²) in [5.74, 6) is -1.37. The zero-order valence-corrected chi connectivity index (χ0v) is 10.6. The average Bonchev–Trinajstić information content (AvgIpc) is 3.00. The van der Waals surface area contributed by atoms with Gasteiger partial charge in [0.1, 0.15) is 5.76 Å². The maximum absolute atomic E-state index is 11.8. The number of carbonyl (C=O) groups is 2. The van der Waals surface area contributed by atoms with E-state index in [2.05, 4.69) is 10.5 Å². The van der Waals surface area contributed by atoms with Gasteiger partial charge in [-0.1, -0.05) is 5.16 Å². The van der Waals surface area contributed by atoms with Gasteiger partial charge in [0.25, 0.3) is 0 Å². The third-order valence-electron chi connectivity index (χ3n) is 3.32. The van der Waals surface area contributed by atoms with Gasteiger partial charge in [-0.05, 0) is 27.2 Å². The number of carbonyl (C=O) groups excluding carboxylic acids is 1. The Labute approximate surface area is 104 Å². The van der Waals surface area contributed by atoms with Crippen molar-refractivity contribution < 1.29 is 19.2 Å². The highest BCUT2D eigenvalue weighted by atomic mass is 16.5. The van der Waals surface area contributed by atoms with E-state index in [0.717, 1.165) is 11.3 Å². The molecule has 0 bridgehead atoms. The number of aromatic nitrogens is 1. The fourth-order valence-corrected chi connectivity index (χ4v) is 2.26. The quantitative estimate of drug-likeness (QED) is 0.839. The third-order valence-corrected chi connectivity index (χ3v) is 3.32. The largest absolute Gasteiger partial charge is 0.481 e. The molecule has 0 radical (unpaired) electrons. The van der Waals surface area contributed by atoms with Gasteiger partial charge in [0.2, 0.25) is 5.91 Å². The van der Waals surface area contributed by atoms with Crippen molar-refractivity contribution in [3.63, 3.8) is 0 Å². The molecule has 3 atom stereocenters. The van der Waals surface area contributed by atoms with Crippen molar-refractivity contribution in [2.75, 3.05) is 0 Å². The minimum absolute atomic E-state index is 0.213. The first-order valence-electron chi connectivity index (χ1n) is 5.87. The molecular weight excluding hydrogens is 236 g/mol. The van der Waals surface area contributed by atoms with Gasteiger partial charge in [0.05, 0.1) is 23.6 Å². The average molecular weight is 252 g/mol. The molecule has 1 amide bonds. The SMILES string of the molecule is Cc1noc(C)c1C(C)NC(=O)C1CC1C(=O)O. The lowest BCUT2D eigenvalue weighted by molar-refractivity contribution is -0.140. The maximum Gasteiger partial charge on any atom is 0.307 e. The Morgan fingerprint density at radius 2 is 2.11 bits per heavy atom. The second kappa shape index (κ2) is 4.44. The topological polar surface area (TPSA) is 92.4 Å². The molecule has 1 aliphatic carbocycles. The summed E-state index contributed by atoms with van der Waals surface area (Å²) in [6.45, 7) is 5.43. The molecule has 1 heterocycles. The summed E-state index contributed by atoms with van der Waals surface area (Å²) >= 11 is 0. The smallest absolute Gasteiger partial charge is 0.307 e. The Balaban J connectivity index is 1.99. The molecule has 1 fully saturated rings. The summed E-state index contributed by atoms with van der Waals surface area (Å²) < 4.78 is 5.04. The van der Waals surface area contributed by atoms with Crippen LogP contribution >= 0.6 is 0 Å². The van der Waals surface area contributed by atoms with Crippen LogP contribution in [0.1, 0.15) is 36.4 Å². The Morgan fingerprint density at radius 1 is 1.44 bits per heavy atom. The van der Waals surface area contributed by atoms with Crippen molar-refractivity contribution in [1.29, 1.82) is 0 Å². The summed E-state index contributed by atoms with van der Waals surface area (Å²) in [7, 11) is 0. The molecule has 98 valence electrons. The van der Waals surface area contributed by atoms with Gasteiger partial charge in [-0.3, -0.25) is 9.59 Å². The molecule has 6 heteroatoms. The van der Waals surface area contributed by atoms with Crippen LogP contribution in [0.25, 0.3) is 0 Å². The lowest BCUT2D eigenvalue weighted by Crippen LogP contribution is -2.29. The summed E-state index contributed by atoms with van der Waals surface area (Å²) in [5, 5.41) is 15.4. The van der Waals surface area contributed by atoms with Crippen LogP contribution in [0.2, 0.25) is 0 Å². The van der Waals surface area contributed by atoms with Crippen LogP contribution in [0, 0.1) is 25.7 Å². The molecule has 1 saturated carbocycles. The highest BCUT2D eigenvalue weighted by Crippen LogP contribution is 2.39. The second-order valence-corrected chi connectivity index (χ2v) is 4.76. The summed E-state index contributed by atoms with van der Waals surface area (Å²) in [6, 6.07) is -0.223. The van der Waals surface area contributed by atoms with Crippen molar-refractivity contribution in [2.45, 2.75) is 33.2 Å². The van der Waals surface area contributed by atoms with E-state index >= 15 is 0 Å². The minimum Gasteiger partial charge on any atom is -0.481 e. The van der Waals surface area contributed by atoms with E-state index < -0.39 is 17.8 Å². The Hall–Kier alpha value is -1.85. The molecule has 1 aromatic heterocycles. The van der Waals surface area contributed by atoms with Gasteiger partial charge >= 0.3 is 5.97 Å². The lowest BCUT2D eigenvalue weighted by Gasteiger charge is -2.13. The highest BCUT2D eigenvalue weighted by Gasteiger charge is 2.48. The zero-order valence-electron chi connectivity index (χ0n) is 10.6. The number of amides is 1. The highest BCUT2D eigenvalue weighted by molar-refractivity contribution is 5.89. The number of carboxylic acids is 1. The molecule has 6 nitrogen and oxygen atoms in total. The Bertz CT molecular complexity index is 475. The van der Waals surface area contributed by atoms with E-state index in [1.165, 1.54) is 0 Å². The van der Waals surface area contributed by atoms with E-state index in [1.807, 2.05) is 13.8 Å². The molecule has 0 aromatic carbocycles. The molecular formula is C12H16N2O4. The fourth-order valence-electron chi connectivity index (χ4n) is 2.26. The number of nitrogens with zero attached hydrogens (tertiary/aromatic N) is 1. The first-order valence-corrected chi connectivity index (χ1v) is 5.87. The first kappa shape index (κ1) is 12.6. The Morgan fingerprint density at radius 3 is 2.56 bits per heavy atom. The predicted molar refractivity (Wildman–Crippen MR) is 61.8 cm³/mol. The van der Waals surface area contributed by atoms with Crippen LogP contribution in [0.15, 0.2) is 4.52 Å². The van der Waals surface area contributed by atoms with Gasteiger partial charge in [0, 0.05) is 5.56 Å². The number of hydrogen-bond acceptors (Lipinski definition) is 4. The fraction of sp³-hybridized carbons (Fsp3) is 0.583. The van der Waals surface area contributed by atoms with Crippen LogP contribution in [-0.4, -0.2) is 22.1 Å². The number of hydrogen-bond donors (Lipinski definition) is 2. The van der Waals surface area contributed by atoms with E-state index in [-0.39, 0.29) is 11.9 Å². The summed E-state index contributed by atoms with van der Waals surface area (Å²) in [5.41, 5.74) is 1.60. The van der Waals surface area contributed by atoms with Crippen molar-refractivity contribution in [3.05, 3.63) is 17.0 Å². The van der Waals surface area contributed by atoms with E-state index in [4.69, 9.17) is 9.63 Å². The number of rotatable bonds is 4. The molecule has 2 rings (SSSR count). The van der Waals surface area contributed by atoms with E-state index in [0.29, 0.717) is 12.2 Å². The number of aliphatic carboxylic acids is 1. The van der Waals surface area contributed by atoms with Gasteiger partial charge in [-0.15, -0.1) is 0 Å². The van der Waals surface area contributed by atoms with Crippen molar-refractivity contribution in [2.24, 2.45) is 11.8 Å². The maximum atomic E-state index is 11.8. The zero-order chi connectivity index (χ0) is 13.4. The van der Waals surface area contributed by atoms with Gasteiger partial charge in [-0.25, -0.2) is 0 Å². The first-order chi connectivity index (χ1) is 8.41. The van der Waals surface area contributed by atoms with Crippen LogP contribution in [0.5, 0.6) is 0 Å². The molecule has 1 aliphatic rings. The minimum atomic E-state index is -0.903. The van der Waals surface area contributed by atoms with Gasteiger partial charge < -0.3 is 14.9 Å². The van der Waals surface area contributed by atoms with Crippen LogP contribution < -0.4 is 5.32 Å². The number of carboxylic acid groups (broad SMARTS) is 1. The third kappa shape index (κ3) is 2.23. The number of nitrogens with one attached hydrogen (secondary N) is 1. The molecule has 0 saturated heterocycles. The standard InChI is InChI=1S/C12H16N2O4/c1-5(10-6(2)14-18-7(10)3)13-11(15)8-4-9(8)12(16)17/h5,8-9H,4H2,1-3H3,(H,13,15)(H,16,17). The van der Waals surface area contributed by atoms with Crippen LogP contribution in [0.3, 0.4) is 0 Å². The van der Waals surface area contributed by atoms with Crippen LogP contribution in [-0.2, 0) is 9.59 Å². The monoisotopic (exact) mass is 252 g/mol. The summed E-state index contributed by atoms with van der Waals surface area (Å²) in [4.78, 5) is 22.5. The van der Waals surface area contributed by atoms with Crippen molar-refractivity contribution >= 4 is 11.9 Å². The van der Waals surface area contributed by atoms with Crippen LogP contribution in [0.4, 0.5) is 0 Å². The van der Waals surface area contributed by atoms with Crippen molar-refractivity contribution in [3.8, 4) is 0 Å². The van der Waals surface area contributed by atoms with Gasteiger partial charge in [-0.2, -0.15) is 0 Å². The van der Waals surface area contributed by atoms with Crippen molar-refractivity contribution in [1.82, 2.24) is 10.5 Å². The Kier molecular flexibility index (Phi) is 3.11. The molecule has 2 N–H and O–H groups in total. The number of aryl methyl sites for hydroxylation is 2. The van der Waals surface area contributed by atoms with Gasteiger partial charge in [0.15, 0.2) is 0 Å². The molecule has 1 aromatic rings.